The van der Waals surface area contributed by atoms with Crippen LogP contribution in [0.1, 0.15) is 18.9 Å². The summed E-state index contributed by atoms with van der Waals surface area (Å²) in [4.78, 5) is 0. The van der Waals surface area contributed by atoms with Crippen molar-refractivity contribution in [3.8, 4) is 17.2 Å². The van der Waals surface area contributed by atoms with E-state index in [1.165, 1.54) is 6.07 Å². The molecule has 0 unspecified atom stereocenters. The van der Waals surface area contributed by atoms with Crippen LogP contribution in [-0.4, -0.2) is 15.3 Å². The second-order valence-electron chi connectivity index (χ2n) is 2.69. The molecule has 1 aromatic carbocycles. The van der Waals surface area contributed by atoms with Crippen LogP contribution in [0.5, 0.6) is 17.2 Å². The summed E-state index contributed by atoms with van der Waals surface area (Å²) < 4.78 is 0. The molecule has 1 aromatic rings. The molecule has 0 amide bonds. The van der Waals surface area contributed by atoms with E-state index in [9.17, 15) is 5.11 Å². The average molecular weight is 168 g/mol. The van der Waals surface area contributed by atoms with E-state index in [-0.39, 0.29) is 11.5 Å². The lowest BCUT2D eigenvalue weighted by atomic mass is 10.1. The molecule has 0 saturated carbocycles. The fourth-order valence-corrected chi connectivity index (χ4v) is 1.08. The Balaban J connectivity index is 3.08. The van der Waals surface area contributed by atoms with Gasteiger partial charge in [-0.15, -0.1) is 0 Å². The van der Waals surface area contributed by atoms with Gasteiger partial charge in [0, 0.05) is 0 Å². The van der Waals surface area contributed by atoms with Gasteiger partial charge in [0.2, 0.25) is 5.75 Å². The predicted molar refractivity (Wildman–Crippen MR) is 45.4 cm³/mol. The lowest BCUT2D eigenvalue weighted by Gasteiger charge is -2.05. The number of benzene rings is 1. The van der Waals surface area contributed by atoms with Crippen molar-refractivity contribution in [2.24, 2.45) is 0 Å². The maximum Gasteiger partial charge on any atom is 0.200 e. The Hall–Kier alpha value is -1.38. The van der Waals surface area contributed by atoms with Crippen molar-refractivity contribution in [2.75, 3.05) is 0 Å². The Kier molecular flexibility index (Phi) is 2.43. The Labute approximate surface area is 70.9 Å². The van der Waals surface area contributed by atoms with Gasteiger partial charge in [-0.1, -0.05) is 19.4 Å². The standard InChI is InChI=1S/C9H12O3/c1-2-3-6-4-5-7(10)9(12)8(6)11/h4-5,10-12H,2-3H2,1H3. The molecule has 3 heteroatoms. The fourth-order valence-electron chi connectivity index (χ4n) is 1.08. The van der Waals surface area contributed by atoms with Crippen molar-refractivity contribution < 1.29 is 15.3 Å². The molecule has 0 atom stereocenters. The van der Waals surface area contributed by atoms with Crippen molar-refractivity contribution in [1.82, 2.24) is 0 Å². The van der Waals surface area contributed by atoms with Gasteiger partial charge in [-0.2, -0.15) is 0 Å². The van der Waals surface area contributed by atoms with Crippen molar-refractivity contribution in [3.05, 3.63) is 17.7 Å². The molecule has 0 heterocycles. The average Bonchev–Trinajstić information content (AvgIpc) is 2.07. The number of phenolic OH excluding ortho intramolecular Hbond substituents is 3. The summed E-state index contributed by atoms with van der Waals surface area (Å²) in [5.41, 5.74) is 0.660. The Morgan fingerprint density at radius 1 is 1.08 bits per heavy atom. The van der Waals surface area contributed by atoms with Gasteiger partial charge in [-0.3, -0.25) is 0 Å². The Morgan fingerprint density at radius 3 is 2.33 bits per heavy atom. The Morgan fingerprint density at radius 2 is 1.75 bits per heavy atom. The van der Waals surface area contributed by atoms with E-state index in [2.05, 4.69) is 0 Å². The van der Waals surface area contributed by atoms with Gasteiger partial charge < -0.3 is 15.3 Å². The molecular weight excluding hydrogens is 156 g/mol. The summed E-state index contributed by atoms with van der Waals surface area (Å²) in [7, 11) is 0. The number of rotatable bonds is 2. The third kappa shape index (κ3) is 1.44. The molecule has 0 aliphatic heterocycles. The molecule has 0 spiro atoms. The summed E-state index contributed by atoms with van der Waals surface area (Å²) in [6, 6.07) is 2.98. The number of hydrogen-bond acceptors (Lipinski definition) is 3. The van der Waals surface area contributed by atoms with Crippen LogP contribution in [0.3, 0.4) is 0 Å². The quantitative estimate of drug-likeness (QED) is 0.589. The highest BCUT2D eigenvalue weighted by Gasteiger charge is 2.09. The summed E-state index contributed by atoms with van der Waals surface area (Å²) >= 11 is 0. The highest BCUT2D eigenvalue weighted by Crippen LogP contribution is 2.37. The van der Waals surface area contributed by atoms with E-state index in [1.807, 2.05) is 6.92 Å². The Bertz CT molecular complexity index is 281. The topological polar surface area (TPSA) is 60.7 Å². The van der Waals surface area contributed by atoms with E-state index in [0.29, 0.717) is 12.0 Å². The largest absolute Gasteiger partial charge is 0.504 e. The first-order valence-corrected chi connectivity index (χ1v) is 3.89. The van der Waals surface area contributed by atoms with Crippen LogP contribution in [-0.2, 0) is 6.42 Å². The van der Waals surface area contributed by atoms with Crippen molar-refractivity contribution in [1.29, 1.82) is 0 Å². The first-order chi connectivity index (χ1) is 5.66. The van der Waals surface area contributed by atoms with Gasteiger partial charge in [0.1, 0.15) is 0 Å². The number of aromatic hydroxyl groups is 3. The van der Waals surface area contributed by atoms with Crippen molar-refractivity contribution >= 4 is 0 Å². The zero-order valence-electron chi connectivity index (χ0n) is 6.91. The zero-order valence-corrected chi connectivity index (χ0v) is 6.91. The number of phenols is 3. The zero-order chi connectivity index (χ0) is 9.14. The van der Waals surface area contributed by atoms with E-state index in [4.69, 9.17) is 10.2 Å². The molecule has 0 radical (unpaired) electrons. The SMILES string of the molecule is CCCc1ccc(O)c(O)c1O. The number of aryl methyl sites for hydroxylation is 1. The molecular formula is C9H12O3. The first-order valence-electron chi connectivity index (χ1n) is 3.89. The van der Waals surface area contributed by atoms with Gasteiger partial charge in [0.05, 0.1) is 0 Å². The van der Waals surface area contributed by atoms with E-state index >= 15 is 0 Å². The minimum absolute atomic E-state index is 0.211. The maximum atomic E-state index is 9.30. The molecule has 3 nitrogen and oxygen atoms in total. The van der Waals surface area contributed by atoms with Gasteiger partial charge in [0.15, 0.2) is 11.5 Å². The molecule has 1 rings (SSSR count). The third-order valence-electron chi connectivity index (χ3n) is 1.73. The van der Waals surface area contributed by atoms with Crippen LogP contribution >= 0.6 is 0 Å². The maximum absolute atomic E-state index is 9.30. The van der Waals surface area contributed by atoms with Crippen LogP contribution in [0.2, 0.25) is 0 Å². The van der Waals surface area contributed by atoms with Crippen LogP contribution in [0.4, 0.5) is 0 Å². The van der Waals surface area contributed by atoms with Crippen molar-refractivity contribution in [3.63, 3.8) is 0 Å². The summed E-state index contributed by atoms with van der Waals surface area (Å²) in [6.45, 7) is 1.98. The molecule has 0 aliphatic rings. The van der Waals surface area contributed by atoms with Gasteiger partial charge in [-0.25, -0.2) is 0 Å². The number of hydrogen-bond donors (Lipinski definition) is 3. The van der Waals surface area contributed by atoms with Crippen LogP contribution in [0.25, 0.3) is 0 Å². The highest BCUT2D eigenvalue weighted by atomic mass is 16.3. The third-order valence-corrected chi connectivity index (χ3v) is 1.73. The second-order valence-corrected chi connectivity index (χ2v) is 2.69. The minimum Gasteiger partial charge on any atom is -0.504 e. The molecule has 0 aliphatic carbocycles. The molecule has 0 saturated heterocycles. The highest BCUT2D eigenvalue weighted by molar-refractivity contribution is 5.53. The van der Waals surface area contributed by atoms with Gasteiger partial charge in [-0.05, 0) is 18.1 Å². The fraction of sp³-hybridized carbons (Fsp3) is 0.333. The van der Waals surface area contributed by atoms with Crippen LogP contribution in [0.15, 0.2) is 12.1 Å². The lowest BCUT2D eigenvalue weighted by Crippen LogP contribution is -1.84. The van der Waals surface area contributed by atoms with Crippen LogP contribution in [0, 0.1) is 0 Å². The molecule has 0 bridgehead atoms. The smallest absolute Gasteiger partial charge is 0.200 e. The summed E-state index contributed by atoms with van der Waals surface area (Å²) in [5.74, 6) is -0.926. The monoisotopic (exact) mass is 168 g/mol. The van der Waals surface area contributed by atoms with Gasteiger partial charge in [0.25, 0.3) is 0 Å². The molecule has 3 N–H and O–H groups in total. The molecule has 66 valence electrons. The first kappa shape index (κ1) is 8.71. The molecule has 12 heavy (non-hydrogen) atoms. The predicted octanol–water partition coefficient (Wildman–Crippen LogP) is 1.76. The van der Waals surface area contributed by atoms with E-state index in [0.717, 1.165) is 6.42 Å². The normalized spacial score (nSPS) is 10.1. The van der Waals surface area contributed by atoms with Crippen molar-refractivity contribution in [2.45, 2.75) is 19.8 Å². The summed E-state index contributed by atoms with van der Waals surface area (Å²) in [6.07, 6.45) is 1.58. The molecule has 0 aromatic heterocycles. The second kappa shape index (κ2) is 3.34. The molecule has 0 fully saturated rings. The van der Waals surface area contributed by atoms with E-state index < -0.39 is 5.75 Å². The summed E-state index contributed by atoms with van der Waals surface area (Å²) in [5, 5.41) is 27.4. The van der Waals surface area contributed by atoms with Crippen LogP contribution < -0.4 is 0 Å². The van der Waals surface area contributed by atoms with Gasteiger partial charge >= 0.3 is 0 Å². The lowest BCUT2D eigenvalue weighted by molar-refractivity contribution is 0.365. The van der Waals surface area contributed by atoms with E-state index in [1.54, 1.807) is 6.07 Å². The minimum atomic E-state index is -0.430.